The summed E-state index contributed by atoms with van der Waals surface area (Å²) in [5.74, 6) is 0.474. The number of aromatic nitrogens is 3. The highest BCUT2D eigenvalue weighted by atomic mass is 35.5. The van der Waals surface area contributed by atoms with Gasteiger partial charge in [-0.15, -0.1) is 0 Å². The number of anilines is 2. The summed E-state index contributed by atoms with van der Waals surface area (Å²) in [6, 6.07) is 15.1. The first-order chi connectivity index (χ1) is 13.7. The number of nitrogens with one attached hydrogen (secondary N) is 2. The van der Waals surface area contributed by atoms with Crippen LogP contribution in [0.4, 0.5) is 11.6 Å². The Kier molecular flexibility index (Phi) is 6.50. The predicted molar refractivity (Wildman–Crippen MR) is 110 cm³/mol. The molecule has 7 nitrogen and oxygen atoms in total. The Balaban J connectivity index is 1.79. The van der Waals surface area contributed by atoms with Gasteiger partial charge in [-0.1, -0.05) is 17.7 Å². The molecule has 0 fully saturated rings. The van der Waals surface area contributed by atoms with Crippen LogP contribution in [0.15, 0.2) is 60.0 Å². The molecule has 8 heteroatoms. The van der Waals surface area contributed by atoms with Crippen LogP contribution in [0.2, 0.25) is 5.02 Å². The average molecular weight is 392 g/mol. The van der Waals surface area contributed by atoms with Gasteiger partial charge in [-0.05, 0) is 43.3 Å². The SMILES string of the molecule is C/C(=N/NCCC#N)c1cc(-c2ccnc(Nc3cccc(Cl)c3)n2)ccn1. The van der Waals surface area contributed by atoms with Gasteiger partial charge in [-0.3, -0.25) is 4.98 Å². The zero-order chi connectivity index (χ0) is 19.8. The number of halogens is 1. The summed E-state index contributed by atoms with van der Waals surface area (Å²) in [6.45, 7) is 2.36. The van der Waals surface area contributed by atoms with E-state index in [0.717, 1.165) is 28.4 Å². The lowest BCUT2D eigenvalue weighted by Gasteiger charge is -2.08. The maximum Gasteiger partial charge on any atom is 0.227 e. The third-order valence-electron chi connectivity index (χ3n) is 3.76. The summed E-state index contributed by atoms with van der Waals surface area (Å²) in [4.78, 5) is 13.2. The van der Waals surface area contributed by atoms with Gasteiger partial charge in [0.05, 0.1) is 29.6 Å². The molecule has 0 amide bonds. The van der Waals surface area contributed by atoms with E-state index in [4.69, 9.17) is 16.9 Å². The Morgan fingerprint density at radius 1 is 1.18 bits per heavy atom. The molecule has 0 saturated carbocycles. The highest BCUT2D eigenvalue weighted by Crippen LogP contribution is 2.21. The second-order valence-corrected chi connectivity index (χ2v) is 6.28. The smallest absolute Gasteiger partial charge is 0.227 e. The average Bonchev–Trinajstić information content (AvgIpc) is 2.71. The quantitative estimate of drug-likeness (QED) is 0.356. The second kappa shape index (κ2) is 9.44. The molecule has 0 saturated heterocycles. The van der Waals surface area contributed by atoms with E-state index in [1.807, 2.05) is 43.3 Å². The van der Waals surface area contributed by atoms with E-state index in [9.17, 15) is 0 Å². The molecule has 2 heterocycles. The van der Waals surface area contributed by atoms with Gasteiger partial charge in [0.25, 0.3) is 0 Å². The van der Waals surface area contributed by atoms with Crippen LogP contribution in [0.25, 0.3) is 11.3 Å². The standard InChI is InChI=1S/C20H18ClN7/c1-14(28-25-9-3-8-22)19-12-15(6-10-23-19)18-7-11-24-20(27-18)26-17-5-2-4-16(21)13-17/h2,4-7,10-13,25H,3,9H2,1H3,(H,24,26,27)/b28-14-. The number of nitrogens with zero attached hydrogens (tertiary/aromatic N) is 5. The minimum atomic E-state index is 0.396. The van der Waals surface area contributed by atoms with E-state index in [2.05, 4.69) is 36.9 Å². The van der Waals surface area contributed by atoms with Crippen LogP contribution < -0.4 is 10.7 Å². The van der Waals surface area contributed by atoms with Gasteiger partial charge in [-0.2, -0.15) is 10.4 Å². The molecule has 1 aromatic carbocycles. The Morgan fingerprint density at radius 3 is 2.86 bits per heavy atom. The number of nitriles is 1. The lowest BCUT2D eigenvalue weighted by molar-refractivity contribution is 0.746. The summed E-state index contributed by atoms with van der Waals surface area (Å²) in [5, 5.41) is 16.6. The number of rotatable bonds is 7. The molecule has 3 rings (SSSR count). The fourth-order valence-electron chi connectivity index (χ4n) is 2.41. The van der Waals surface area contributed by atoms with Gasteiger partial charge in [0.2, 0.25) is 5.95 Å². The van der Waals surface area contributed by atoms with Crippen molar-refractivity contribution in [2.24, 2.45) is 5.10 Å². The zero-order valence-electron chi connectivity index (χ0n) is 15.2. The fraction of sp³-hybridized carbons (Fsp3) is 0.150. The molecule has 0 radical (unpaired) electrons. The van der Waals surface area contributed by atoms with E-state index >= 15 is 0 Å². The summed E-state index contributed by atoms with van der Waals surface area (Å²) < 4.78 is 0. The van der Waals surface area contributed by atoms with E-state index in [1.54, 1.807) is 18.5 Å². The van der Waals surface area contributed by atoms with Gasteiger partial charge in [0.15, 0.2) is 0 Å². The van der Waals surface area contributed by atoms with Crippen LogP contribution in [0.1, 0.15) is 19.0 Å². The molecule has 0 aliphatic heterocycles. The Morgan fingerprint density at radius 2 is 2.04 bits per heavy atom. The lowest BCUT2D eigenvalue weighted by Crippen LogP contribution is -2.11. The third kappa shape index (κ3) is 5.25. The zero-order valence-corrected chi connectivity index (χ0v) is 16.0. The minimum absolute atomic E-state index is 0.396. The number of pyridine rings is 1. The second-order valence-electron chi connectivity index (χ2n) is 5.84. The van der Waals surface area contributed by atoms with Gasteiger partial charge >= 0.3 is 0 Å². The van der Waals surface area contributed by atoms with Crippen molar-refractivity contribution in [1.29, 1.82) is 5.26 Å². The molecule has 2 aromatic heterocycles. The van der Waals surface area contributed by atoms with Crippen molar-refractivity contribution in [3.8, 4) is 17.3 Å². The molecule has 0 unspecified atom stereocenters. The van der Waals surface area contributed by atoms with Gasteiger partial charge in [0.1, 0.15) is 0 Å². The Bertz CT molecular complexity index is 1030. The van der Waals surface area contributed by atoms with Crippen LogP contribution in [0, 0.1) is 11.3 Å². The Labute approximate surface area is 168 Å². The third-order valence-corrected chi connectivity index (χ3v) is 3.99. The maximum atomic E-state index is 8.57. The van der Waals surface area contributed by atoms with Crippen molar-refractivity contribution in [1.82, 2.24) is 20.4 Å². The van der Waals surface area contributed by atoms with Crippen molar-refractivity contribution >= 4 is 28.9 Å². The monoisotopic (exact) mass is 391 g/mol. The maximum absolute atomic E-state index is 8.57. The summed E-state index contributed by atoms with van der Waals surface area (Å²) in [6.07, 6.45) is 3.80. The highest BCUT2D eigenvalue weighted by molar-refractivity contribution is 6.30. The lowest BCUT2D eigenvalue weighted by atomic mass is 10.1. The number of hydrogen-bond donors (Lipinski definition) is 2. The molecule has 0 atom stereocenters. The van der Waals surface area contributed by atoms with Crippen LogP contribution in [0.3, 0.4) is 0 Å². The molecule has 0 spiro atoms. The number of hydrogen-bond acceptors (Lipinski definition) is 7. The largest absolute Gasteiger partial charge is 0.324 e. The first-order valence-electron chi connectivity index (χ1n) is 8.62. The van der Waals surface area contributed by atoms with Crippen LogP contribution in [-0.4, -0.2) is 27.2 Å². The first-order valence-corrected chi connectivity index (χ1v) is 9.00. The van der Waals surface area contributed by atoms with Crippen molar-refractivity contribution in [3.05, 3.63) is 65.6 Å². The van der Waals surface area contributed by atoms with E-state index < -0.39 is 0 Å². The van der Waals surface area contributed by atoms with E-state index in [0.29, 0.717) is 23.9 Å². The van der Waals surface area contributed by atoms with E-state index in [-0.39, 0.29) is 0 Å². The van der Waals surface area contributed by atoms with E-state index in [1.165, 1.54) is 0 Å². The normalized spacial score (nSPS) is 11.0. The minimum Gasteiger partial charge on any atom is -0.324 e. The number of benzene rings is 1. The first kappa shape index (κ1) is 19.3. The number of hydrazone groups is 1. The molecular weight excluding hydrogens is 374 g/mol. The van der Waals surface area contributed by atoms with Crippen molar-refractivity contribution in [2.75, 3.05) is 11.9 Å². The van der Waals surface area contributed by atoms with Crippen LogP contribution in [-0.2, 0) is 0 Å². The molecule has 0 aliphatic carbocycles. The molecule has 140 valence electrons. The molecule has 2 N–H and O–H groups in total. The van der Waals surface area contributed by atoms with Crippen molar-refractivity contribution in [3.63, 3.8) is 0 Å². The van der Waals surface area contributed by atoms with Gasteiger partial charge in [0, 0.05) is 35.2 Å². The fourth-order valence-corrected chi connectivity index (χ4v) is 2.60. The topological polar surface area (TPSA) is 98.9 Å². The highest BCUT2D eigenvalue weighted by Gasteiger charge is 2.07. The summed E-state index contributed by atoms with van der Waals surface area (Å²) >= 11 is 6.02. The van der Waals surface area contributed by atoms with Crippen LogP contribution in [0.5, 0.6) is 0 Å². The molecule has 28 heavy (non-hydrogen) atoms. The predicted octanol–water partition coefficient (Wildman–Crippen LogP) is 4.16. The van der Waals surface area contributed by atoms with Crippen molar-refractivity contribution < 1.29 is 0 Å². The summed E-state index contributed by atoms with van der Waals surface area (Å²) in [5.41, 5.74) is 6.78. The van der Waals surface area contributed by atoms with Crippen LogP contribution >= 0.6 is 11.6 Å². The molecular formula is C20H18ClN7. The summed E-state index contributed by atoms with van der Waals surface area (Å²) in [7, 11) is 0. The Hall–Kier alpha value is -3.50. The van der Waals surface area contributed by atoms with Gasteiger partial charge < -0.3 is 10.7 Å². The molecule has 0 bridgehead atoms. The van der Waals surface area contributed by atoms with Crippen molar-refractivity contribution in [2.45, 2.75) is 13.3 Å². The van der Waals surface area contributed by atoms with Gasteiger partial charge in [-0.25, -0.2) is 9.97 Å². The molecule has 3 aromatic rings. The molecule has 0 aliphatic rings.